The molecular weight excluding hydrogens is 396 g/mol. The van der Waals surface area contributed by atoms with Crippen LogP contribution in [0.15, 0.2) is 76.7 Å². The predicted molar refractivity (Wildman–Crippen MR) is 123 cm³/mol. The van der Waals surface area contributed by atoms with Crippen LogP contribution in [-0.4, -0.2) is 33.1 Å². The summed E-state index contributed by atoms with van der Waals surface area (Å²) < 4.78 is 7.57. The summed E-state index contributed by atoms with van der Waals surface area (Å²) in [6, 6.07) is 21.2. The van der Waals surface area contributed by atoms with E-state index in [0.717, 1.165) is 16.5 Å². The zero-order chi connectivity index (χ0) is 21.1. The van der Waals surface area contributed by atoms with Crippen molar-refractivity contribution in [3.05, 3.63) is 77.1 Å². The number of hydrogen-bond donors (Lipinski definition) is 1. The molecule has 0 aliphatic rings. The summed E-state index contributed by atoms with van der Waals surface area (Å²) in [6.07, 6.45) is -0.696. The first-order valence-corrected chi connectivity index (χ1v) is 11.0. The van der Waals surface area contributed by atoms with E-state index in [1.54, 1.807) is 10.6 Å². The van der Waals surface area contributed by atoms with Gasteiger partial charge < -0.3 is 9.84 Å². The van der Waals surface area contributed by atoms with E-state index in [0.29, 0.717) is 21.8 Å². The Morgan fingerprint density at radius 1 is 1.00 bits per heavy atom. The van der Waals surface area contributed by atoms with Crippen molar-refractivity contribution in [3.8, 4) is 5.75 Å². The Morgan fingerprint density at radius 3 is 2.50 bits per heavy atom. The minimum absolute atomic E-state index is 0.0267. The van der Waals surface area contributed by atoms with E-state index in [2.05, 4.69) is 4.98 Å². The van der Waals surface area contributed by atoms with Gasteiger partial charge in [-0.3, -0.25) is 9.36 Å². The van der Waals surface area contributed by atoms with Crippen LogP contribution >= 0.6 is 11.8 Å². The highest BCUT2D eigenvalue weighted by atomic mass is 32.2. The van der Waals surface area contributed by atoms with Crippen molar-refractivity contribution in [2.75, 3.05) is 12.4 Å². The summed E-state index contributed by atoms with van der Waals surface area (Å²) in [5, 5.41) is 13.8. The third kappa shape index (κ3) is 4.20. The normalized spacial score (nSPS) is 12.5. The number of ether oxygens (including phenoxy) is 1. The predicted octanol–water partition coefficient (Wildman–Crippen LogP) is 4.66. The van der Waals surface area contributed by atoms with Crippen molar-refractivity contribution in [1.82, 2.24) is 9.55 Å². The van der Waals surface area contributed by atoms with E-state index in [4.69, 9.17) is 4.74 Å². The topological polar surface area (TPSA) is 64.3 Å². The number of rotatable bonds is 7. The molecule has 6 heteroatoms. The molecule has 154 valence electrons. The summed E-state index contributed by atoms with van der Waals surface area (Å²) in [5.74, 6) is 1.13. The maximum Gasteiger partial charge on any atom is 0.262 e. The van der Waals surface area contributed by atoms with Gasteiger partial charge in [0.15, 0.2) is 5.16 Å². The van der Waals surface area contributed by atoms with Gasteiger partial charge >= 0.3 is 0 Å². The van der Waals surface area contributed by atoms with Crippen LogP contribution in [0, 0.1) is 0 Å². The third-order valence-electron chi connectivity index (χ3n) is 4.88. The highest BCUT2D eigenvalue weighted by molar-refractivity contribution is 7.99. The van der Waals surface area contributed by atoms with Crippen LogP contribution in [-0.2, 0) is 0 Å². The van der Waals surface area contributed by atoms with Gasteiger partial charge in [0.2, 0.25) is 0 Å². The maximum atomic E-state index is 12.9. The molecule has 0 fully saturated rings. The van der Waals surface area contributed by atoms with Gasteiger partial charge in [-0.25, -0.2) is 4.98 Å². The average Bonchev–Trinajstić information content (AvgIpc) is 2.76. The Kier molecular flexibility index (Phi) is 6.06. The maximum absolute atomic E-state index is 12.9. The molecule has 5 nitrogen and oxygen atoms in total. The number of hydrogen-bond acceptors (Lipinski definition) is 5. The van der Waals surface area contributed by atoms with Crippen LogP contribution in [0.5, 0.6) is 5.75 Å². The lowest BCUT2D eigenvalue weighted by molar-refractivity contribution is 0.127. The molecule has 30 heavy (non-hydrogen) atoms. The fourth-order valence-corrected chi connectivity index (χ4v) is 4.44. The van der Waals surface area contributed by atoms with E-state index in [9.17, 15) is 9.90 Å². The van der Waals surface area contributed by atoms with Crippen molar-refractivity contribution in [1.29, 1.82) is 0 Å². The van der Waals surface area contributed by atoms with Crippen molar-refractivity contribution >= 4 is 33.4 Å². The van der Waals surface area contributed by atoms with Crippen LogP contribution in [0.2, 0.25) is 0 Å². The molecule has 0 radical (unpaired) electrons. The van der Waals surface area contributed by atoms with Gasteiger partial charge in [-0.2, -0.15) is 0 Å². The van der Waals surface area contributed by atoms with E-state index in [1.807, 2.05) is 74.5 Å². The zero-order valence-electron chi connectivity index (χ0n) is 17.0. The minimum atomic E-state index is -0.696. The molecule has 3 aromatic carbocycles. The van der Waals surface area contributed by atoms with E-state index < -0.39 is 6.10 Å². The van der Waals surface area contributed by atoms with E-state index >= 15 is 0 Å². The molecule has 1 aromatic heterocycles. The van der Waals surface area contributed by atoms with Crippen molar-refractivity contribution in [3.63, 3.8) is 0 Å². The van der Waals surface area contributed by atoms with Gasteiger partial charge in [0.05, 0.1) is 17.0 Å². The Morgan fingerprint density at radius 2 is 1.70 bits per heavy atom. The Bertz CT molecular complexity index is 1230. The van der Waals surface area contributed by atoms with Gasteiger partial charge in [0.25, 0.3) is 5.56 Å². The summed E-state index contributed by atoms with van der Waals surface area (Å²) >= 11 is 1.37. The summed E-state index contributed by atoms with van der Waals surface area (Å²) in [5.41, 5.74) is 0.614. The number of aliphatic hydroxyl groups is 1. The third-order valence-corrected chi connectivity index (χ3v) is 5.98. The summed E-state index contributed by atoms with van der Waals surface area (Å²) in [6.45, 7) is 4.09. The number of aromatic nitrogens is 2. The molecule has 1 N–H and O–H groups in total. The number of thioether (sulfide) groups is 1. The first kappa shape index (κ1) is 20.4. The highest BCUT2D eigenvalue weighted by Crippen LogP contribution is 2.26. The lowest BCUT2D eigenvalue weighted by Gasteiger charge is -2.18. The lowest BCUT2D eigenvalue weighted by atomic mass is 10.1. The molecular formula is C24H24N2O3S. The van der Waals surface area contributed by atoms with E-state index in [1.165, 1.54) is 11.8 Å². The first-order chi connectivity index (χ1) is 14.5. The Balaban J connectivity index is 1.48. The Labute approximate surface area is 179 Å². The summed E-state index contributed by atoms with van der Waals surface area (Å²) in [7, 11) is 0. The molecule has 1 heterocycles. The number of aliphatic hydroxyl groups excluding tert-OH is 1. The van der Waals surface area contributed by atoms with Crippen LogP contribution in [0.25, 0.3) is 21.7 Å². The monoisotopic (exact) mass is 420 g/mol. The average molecular weight is 421 g/mol. The molecule has 1 atom stereocenters. The molecule has 0 bridgehead atoms. The molecule has 0 saturated carbocycles. The molecule has 0 spiro atoms. The molecule has 4 aromatic rings. The largest absolute Gasteiger partial charge is 0.490 e. The van der Waals surface area contributed by atoms with Crippen molar-refractivity contribution < 1.29 is 9.84 Å². The molecule has 0 aliphatic heterocycles. The lowest BCUT2D eigenvalue weighted by Crippen LogP contribution is -2.26. The number of benzene rings is 3. The quantitative estimate of drug-likeness (QED) is 0.348. The number of para-hydroxylation sites is 1. The fraction of sp³-hybridized carbons (Fsp3) is 0.250. The van der Waals surface area contributed by atoms with Gasteiger partial charge in [-0.1, -0.05) is 60.3 Å². The van der Waals surface area contributed by atoms with Crippen LogP contribution in [0.1, 0.15) is 19.9 Å². The second-order valence-corrected chi connectivity index (χ2v) is 8.42. The smallest absolute Gasteiger partial charge is 0.262 e. The number of nitrogens with zero attached hydrogens (tertiary/aromatic N) is 2. The molecule has 0 amide bonds. The first-order valence-electron chi connectivity index (χ1n) is 9.97. The molecule has 4 rings (SSSR count). The highest BCUT2D eigenvalue weighted by Gasteiger charge is 2.16. The second kappa shape index (κ2) is 8.90. The standard InChI is InChI=1S/C24H24N2O3S/c1-16(2)26-23(28)20-11-5-6-12-21(20)25-24(26)30-15-18(27)14-29-22-13-7-9-17-8-3-4-10-19(17)22/h3-13,16,18,27H,14-15H2,1-2H3/t18-/m0/s1. The fourth-order valence-electron chi connectivity index (χ4n) is 3.41. The number of fused-ring (bicyclic) bond motifs is 2. The second-order valence-electron chi connectivity index (χ2n) is 7.43. The minimum Gasteiger partial charge on any atom is -0.490 e. The summed E-state index contributed by atoms with van der Waals surface area (Å²) in [4.78, 5) is 17.6. The van der Waals surface area contributed by atoms with Crippen LogP contribution < -0.4 is 10.3 Å². The Hall–Kier alpha value is -2.83. The molecule has 0 unspecified atom stereocenters. The van der Waals surface area contributed by atoms with Gasteiger partial charge in [0, 0.05) is 17.2 Å². The van der Waals surface area contributed by atoms with Crippen molar-refractivity contribution in [2.24, 2.45) is 0 Å². The van der Waals surface area contributed by atoms with Gasteiger partial charge in [0.1, 0.15) is 12.4 Å². The SMILES string of the molecule is CC(C)n1c(SC[C@@H](O)COc2cccc3ccccc23)nc2ccccc2c1=O. The van der Waals surface area contributed by atoms with Gasteiger partial charge in [-0.05, 0) is 37.4 Å². The van der Waals surface area contributed by atoms with E-state index in [-0.39, 0.29) is 18.2 Å². The van der Waals surface area contributed by atoms with Crippen LogP contribution in [0.4, 0.5) is 0 Å². The molecule has 0 saturated heterocycles. The zero-order valence-corrected chi connectivity index (χ0v) is 17.8. The van der Waals surface area contributed by atoms with Crippen LogP contribution in [0.3, 0.4) is 0 Å². The van der Waals surface area contributed by atoms with Gasteiger partial charge in [-0.15, -0.1) is 0 Å². The molecule has 0 aliphatic carbocycles. The van der Waals surface area contributed by atoms with Crippen molar-refractivity contribution in [2.45, 2.75) is 31.1 Å².